The fraction of sp³-hybridized carbons (Fsp3) is 0.526. The molecular weight excluding hydrogens is 336 g/mol. The van der Waals surface area contributed by atoms with Gasteiger partial charge in [0.25, 0.3) is 5.91 Å². The zero-order valence-corrected chi connectivity index (χ0v) is 15.6. The number of rotatable bonds is 6. The second-order valence-corrected chi connectivity index (χ2v) is 6.71. The Kier molecular flexibility index (Phi) is 7.00. The molecule has 2 rings (SSSR count). The van der Waals surface area contributed by atoms with Crippen LogP contribution in [0.3, 0.4) is 0 Å². The topological polar surface area (TPSA) is 76.2 Å². The van der Waals surface area contributed by atoms with Crippen LogP contribution in [-0.4, -0.2) is 67.0 Å². The van der Waals surface area contributed by atoms with Crippen molar-refractivity contribution in [1.82, 2.24) is 9.80 Å². The molecule has 0 atom stereocenters. The molecule has 0 radical (unpaired) electrons. The minimum absolute atomic E-state index is 0.0535. The van der Waals surface area contributed by atoms with Gasteiger partial charge in [-0.2, -0.15) is 0 Å². The standard InChI is InChI=1S/C19H26N2O5/c1-14(2)12-26-19(24)21-9-7-20(8-10-21)18(23)13-25-17-6-4-5-16(11-17)15(3)22/h4-6,11,14H,7-10,12-13H2,1-3H3. The summed E-state index contributed by atoms with van der Waals surface area (Å²) in [7, 11) is 0. The van der Waals surface area contributed by atoms with E-state index in [2.05, 4.69) is 0 Å². The van der Waals surface area contributed by atoms with E-state index in [1.54, 1.807) is 34.1 Å². The molecule has 1 aliphatic heterocycles. The lowest BCUT2D eigenvalue weighted by Gasteiger charge is -2.34. The third kappa shape index (κ3) is 5.75. The number of nitrogens with zero attached hydrogens (tertiary/aromatic N) is 2. The highest BCUT2D eigenvalue weighted by Crippen LogP contribution is 2.14. The molecule has 2 amide bonds. The van der Waals surface area contributed by atoms with Gasteiger partial charge in [0.15, 0.2) is 12.4 Å². The summed E-state index contributed by atoms with van der Waals surface area (Å²) >= 11 is 0. The number of benzene rings is 1. The molecular formula is C19H26N2O5. The van der Waals surface area contributed by atoms with Crippen molar-refractivity contribution in [1.29, 1.82) is 0 Å². The normalized spacial score (nSPS) is 14.3. The summed E-state index contributed by atoms with van der Waals surface area (Å²) in [6.07, 6.45) is -0.330. The predicted octanol–water partition coefficient (Wildman–Crippen LogP) is 2.20. The van der Waals surface area contributed by atoms with Gasteiger partial charge in [-0.25, -0.2) is 4.79 Å². The first-order chi connectivity index (χ1) is 12.4. The lowest BCUT2D eigenvalue weighted by atomic mass is 10.1. The molecule has 0 aromatic heterocycles. The van der Waals surface area contributed by atoms with Crippen LogP contribution < -0.4 is 4.74 Å². The number of ether oxygens (including phenoxy) is 2. The fourth-order valence-corrected chi connectivity index (χ4v) is 2.51. The SMILES string of the molecule is CC(=O)c1cccc(OCC(=O)N2CCN(C(=O)OCC(C)C)CC2)c1. The molecule has 7 heteroatoms. The van der Waals surface area contributed by atoms with Crippen LogP contribution >= 0.6 is 0 Å². The summed E-state index contributed by atoms with van der Waals surface area (Å²) in [5.74, 6) is 0.582. The van der Waals surface area contributed by atoms with Crippen molar-refractivity contribution < 1.29 is 23.9 Å². The highest BCUT2D eigenvalue weighted by atomic mass is 16.6. The van der Waals surface area contributed by atoms with Gasteiger partial charge in [-0.3, -0.25) is 9.59 Å². The first-order valence-electron chi connectivity index (χ1n) is 8.80. The van der Waals surface area contributed by atoms with E-state index in [0.29, 0.717) is 50.0 Å². The van der Waals surface area contributed by atoms with E-state index in [1.165, 1.54) is 6.92 Å². The monoisotopic (exact) mass is 362 g/mol. The van der Waals surface area contributed by atoms with Crippen LogP contribution in [0.1, 0.15) is 31.1 Å². The van der Waals surface area contributed by atoms with Gasteiger partial charge in [-0.05, 0) is 25.0 Å². The molecule has 1 saturated heterocycles. The van der Waals surface area contributed by atoms with Crippen molar-refractivity contribution in [2.45, 2.75) is 20.8 Å². The molecule has 1 heterocycles. The van der Waals surface area contributed by atoms with Gasteiger partial charge in [0.2, 0.25) is 0 Å². The van der Waals surface area contributed by atoms with E-state index in [1.807, 2.05) is 13.8 Å². The Hall–Kier alpha value is -2.57. The summed E-state index contributed by atoms with van der Waals surface area (Å²) in [6, 6.07) is 6.76. The highest BCUT2D eigenvalue weighted by molar-refractivity contribution is 5.94. The Morgan fingerprint density at radius 3 is 2.35 bits per heavy atom. The molecule has 7 nitrogen and oxygen atoms in total. The summed E-state index contributed by atoms with van der Waals surface area (Å²) in [4.78, 5) is 38.9. The molecule has 1 aliphatic rings. The van der Waals surface area contributed by atoms with Crippen molar-refractivity contribution >= 4 is 17.8 Å². The second-order valence-electron chi connectivity index (χ2n) is 6.71. The first kappa shape index (κ1) is 19.8. The van der Waals surface area contributed by atoms with Gasteiger partial charge in [0.1, 0.15) is 5.75 Å². The van der Waals surface area contributed by atoms with Gasteiger partial charge in [-0.15, -0.1) is 0 Å². The molecule has 0 unspecified atom stereocenters. The zero-order chi connectivity index (χ0) is 19.1. The molecule has 1 aromatic carbocycles. The second kappa shape index (κ2) is 9.22. The largest absolute Gasteiger partial charge is 0.484 e. The molecule has 0 aliphatic carbocycles. The number of hydrogen-bond donors (Lipinski definition) is 0. The number of Topliss-reactive ketones (excluding diaryl/α,β-unsaturated/α-hetero) is 1. The van der Waals surface area contributed by atoms with E-state index in [-0.39, 0.29) is 24.4 Å². The highest BCUT2D eigenvalue weighted by Gasteiger charge is 2.25. The lowest BCUT2D eigenvalue weighted by molar-refractivity contribution is -0.135. The molecule has 26 heavy (non-hydrogen) atoms. The van der Waals surface area contributed by atoms with Crippen molar-refractivity contribution in [2.75, 3.05) is 39.4 Å². The molecule has 0 spiro atoms. The molecule has 0 saturated carbocycles. The number of hydrogen-bond acceptors (Lipinski definition) is 5. The third-order valence-electron chi connectivity index (χ3n) is 4.03. The molecule has 0 bridgehead atoms. The predicted molar refractivity (Wildman–Crippen MR) is 96.3 cm³/mol. The van der Waals surface area contributed by atoms with E-state index in [0.717, 1.165) is 0 Å². The molecule has 1 fully saturated rings. The molecule has 1 aromatic rings. The maximum atomic E-state index is 12.3. The summed E-state index contributed by atoms with van der Waals surface area (Å²) in [5.41, 5.74) is 0.545. The van der Waals surface area contributed by atoms with Crippen LogP contribution in [0.4, 0.5) is 4.79 Å². The van der Waals surface area contributed by atoms with Crippen molar-refractivity contribution in [3.8, 4) is 5.75 Å². The van der Waals surface area contributed by atoms with Crippen molar-refractivity contribution in [2.24, 2.45) is 5.92 Å². The fourth-order valence-electron chi connectivity index (χ4n) is 2.51. The summed E-state index contributed by atoms with van der Waals surface area (Å²) in [6.45, 7) is 7.54. The van der Waals surface area contributed by atoms with E-state index >= 15 is 0 Å². The Morgan fingerprint density at radius 1 is 1.08 bits per heavy atom. The number of ketones is 1. The average molecular weight is 362 g/mol. The molecule has 142 valence electrons. The summed E-state index contributed by atoms with van der Waals surface area (Å²) in [5, 5.41) is 0. The van der Waals surface area contributed by atoms with Gasteiger partial charge < -0.3 is 19.3 Å². The van der Waals surface area contributed by atoms with Gasteiger partial charge in [-0.1, -0.05) is 26.0 Å². The van der Waals surface area contributed by atoms with Gasteiger partial charge in [0.05, 0.1) is 6.61 Å². The average Bonchev–Trinajstić information content (AvgIpc) is 2.64. The van der Waals surface area contributed by atoms with Crippen LogP contribution in [0, 0.1) is 5.92 Å². The lowest BCUT2D eigenvalue weighted by Crippen LogP contribution is -2.51. The van der Waals surface area contributed by atoms with Gasteiger partial charge >= 0.3 is 6.09 Å². The maximum absolute atomic E-state index is 12.3. The number of carbonyl (C=O) groups is 3. The van der Waals surface area contributed by atoms with E-state index in [4.69, 9.17) is 9.47 Å². The van der Waals surface area contributed by atoms with Crippen molar-refractivity contribution in [3.63, 3.8) is 0 Å². The van der Waals surface area contributed by atoms with Crippen LogP contribution in [-0.2, 0) is 9.53 Å². The third-order valence-corrected chi connectivity index (χ3v) is 4.03. The Morgan fingerprint density at radius 2 is 1.73 bits per heavy atom. The Balaban J connectivity index is 1.77. The number of piperazine rings is 1. The minimum atomic E-state index is -0.330. The van der Waals surface area contributed by atoms with Crippen LogP contribution in [0.5, 0.6) is 5.75 Å². The van der Waals surface area contributed by atoms with Crippen LogP contribution in [0.25, 0.3) is 0 Å². The van der Waals surface area contributed by atoms with Gasteiger partial charge in [0, 0.05) is 31.7 Å². The van der Waals surface area contributed by atoms with E-state index in [9.17, 15) is 14.4 Å². The number of carbonyl (C=O) groups excluding carboxylic acids is 3. The van der Waals surface area contributed by atoms with Crippen LogP contribution in [0.15, 0.2) is 24.3 Å². The zero-order valence-electron chi connectivity index (χ0n) is 15.6. The van der Waals surface area contributed by atoms with Crippen molar-refractivity contribution in [3.05, 3.63) is 29.8 Å². The quantitative estimate of drug-likeness (QED) is 0.725. The smallest absolute Gasteiger partial charge is 0.409 e. The van der Waals surface area contributed by atoms with E-state index < -0.39 is 0 Å². The summed E-state index contributed by atoms with van der Waals surface area (Å²) < 4.78 is 10.7. The maximum Gasteiger partial charge on any atom is 0.409 e. The Bertz CT molecular complexity index is 651. The first-order valence-corrected chi connectivity index (χ1v) is 8.80. The number of amides is 2. The molecule has 0 N–H and O–H groups in total. The van der Waals surface area contributed by atoms with Crippen LogP contribution in [0.2, 0.25) is 0 Å². The minimum Gasteiger partial charge on any atom is -0.484 e. The Labute approximate surface area is 153 Å².